The number of hydrogen-bond donors (Lipinski definition) is 1. The van der Waals surface area contributed by atoms with Crippen LogP contribution < -0.4 is 5.73 Å². The van der Waals surface area contributed by atoms with Crippen molar-refractivity contribution in [2.24, 2.45) is 11.7 Å². The third-order valence-electron chi connectivity index (χ3n) is 4.15. The molecule has 1 fully saturated rings. The molecule has 0 aromatic rings. The first-order valence-corrected chi connectivity index (χ1v) is 7.79. The second kappa shape index (κ2) is 9.76. The van der Waals surface area contributed by atoms with E-state index < -0.39 is 0 Å². The van der Waals surface area contributed by atoms with Gasteiger partial charge in [0, 0.05) is 6.54 Å². The van der Waals surface area contributed by atoms with Crippen molar-refractivity contribution in [1.29, 1.82) is 0 Å². The summed E-state index contributed by atoms with van der Waals surface area (Å²) in [6, 6.07) is 0. The van der Waals surface area contributed by atoms with E-state index in [1.807, 2.05) is 0 Å². The van der Waals surface area contributed by atoms with E-state index in [-0.39, 0.29) is 0 Å². The van der Waals surface area contributed by atoms with Crippen LogP contribution in [0.4, 0.5) is 0 Å². The number of hydrogen-bond acceptors (Lipinski definition) is 3. The van der Waals surface area contributed by atoms with Gasteiger partial charge in [-0.25, -0.2) is 0 Å². The van der Waals surface area contributed by atoms with Crippen LogP contribution in [0.15, 0.2) is 0 Å². The molecule has 3 nitrogen and oxygen atoms in total. The first kappa shape index (κ1) is 15.9. The van der Waals surface area contributed by atoms with E-state index in [9.17, 15) is 0 Å². The van der Waals surface area contributed by atoms with Gasteiger partial charge in [0.1, 0.15) is 0 Å². The quantitative estimate of drug-likeness (QED) is 0.641. The first-order chi connectivity index (χ1) is 8.72. The lowest BCUT2D eigenvalue weighted by atomic mass is 9.96. The van der Waals surface area contributed by atoms with Gasteiger partial charge in [-0.3, -0.25) is 0 Å². The SMILES string of the molecule is CN1CCC(CN(C)CCCCCCCN)CC1. The molecule has 1 rings (SSSR count). The minimum Gasteiger partial charge on any atom is -0.330 e. The fraction of sp³-hybridized carbons (Fsp3) is 1.00. The molecule has 2 N–H and O–H groups in total. The Morgan fingerprint density at radius 2 is 1.67 bits per heavy atom. The highest BCUT2D eigenvalue weighted by Gasteiger charge is 2.17. The van der Waals surface area contributed by atoms with Crippen molar-refractivity contribution < 1.29 is 0 Å². The molecular formula is C15H33N3. The molecule has 108 valence electrons. The smallest absolute Gasteiger partial charge is 0.000756 e. The normalized spacial score (nSPS) is 18.7. The highest BCUT2D eigenvalue weighted by molar-refractivity contribution is 4.72. The van der Waals surface area contributed by atoms with Crippen LogP contribution in [-0.4, -0.2) is 56.6 Å². The summed E-state index contributed by atoms with van der Waals surface area (Å²) in [6.07, 6.45) is 9.37. The van der Waals surface area contributed by atoms with E-state index in [2.05, 4.69) is 23.9 Å². The van der Waals surface area contributed by atoms with Gasteiger partial charge in [-0.15, -0.1) is 0 Å². The standard InChI is InChI=1S/C15H33N3/c1-17-12-8-15(9-13-17)14-18(2)11-7-5-3-4-6-10-16/h15H,3-14,16H2,1-2H3. The van der Waals surface area contributed by atoms with Crippen LogP contribution in [0.25, 0.3) is 0 Å². The van der Waals surface area contributed by atoms with E-state index in [1.54, 1.807) is 0 Å². The van der Waals surface area contributed by atoms with Gasteiger partial charge in [0.2, 0.25) is 0 Å². The maximum Gasteiger partial charge on any atom is 0.000756 e. The monoisotopic (exact) mass is 255 g/mol. The van der Waals surface area contributed by atoms with Crippen LogP contribution in [-0.2, 0) is 0 Å². The van der Waals surface area contributed by atoms with E-state index in [1.165, 1.54) is 71.1 Å². The molecule has 3 heteroatoms. The number of unbranched alkanes of at least 4 members (excludes halogenated alkanes) is 4. The topological polar surface area (TPSA) is 32.5 Å². The minimum atomic E-state index is 0.857. The lowest BCUT2D eigenvalue weighted by molar-refractivity contribution is 0.175. The molecule has 0 radical (unpaired) electrons. The van der Waals surface area contributed by atoms with Gasteiger partial charge in [0.15, 0.2) is 0 Å². The van der Waals surface area contributed by atoms with Crippen molar-refractivity contribution in [3.63, 3.8) is 0 Å². The highest BCUT2D eigenvalue weighted by atomic mass is 15.1. The van der Waals surface area contributed by atoms with Crippen molar-refractivity contribution in [2.45, 2.75) is 44.9 Å². The van der Waals surface area contributed by atoms with E-state index in [4.69, 9.17) is 5.73 Å². The third-order valence-corrected chi connectivity index (χ3v) is 4.15. The summed E-state index contributed by atoms with van der Waals surface area (Å²) in [5, 5.41) is 0. The molecule has 1 aliphatic rings. The molecule has 0 aliphatic carbocycles. The Labute approximate surface area is 114 Å². The molecule has 0 saturated carbocycles. The maximum absolute atomic E-state index is 5.49. The Morgan fingerprint density at radius 1 is 1.06 bits per heavy atom. The molecule has 1 aliphatic heterocycles. The van der Waals surface area contributed by atoms with Crippen molar-refractivity contribution in [2.75, 3.05) is 46.8 Å². The predicted octanol–water partition coefficient (Wildman–Crippen LogP) is 2.17. The van der Waals surface area contributed by atoms with Gasteiger partial charge >= 0.3 is 0 Å². The average Bonchev–Trinajstić information content (AvgIpc) is 2.36. The molecule has 0 unspecified atom stereocenters. The Kier molecular flexibility index (Phi) is 8.64. The van der Waals surface area contributed by atoms with Crippen LogP contribution in [0.1, 0.15) is 44.9 Å². The Bertz CT molecular complexity index is 188. The largest absolute Gasteiger partial charge is 0.330 e. The molecule has 1 saturated heterocycles. The molecule has 0 aromatic carbocycles. The summed E-state index contributed by atoms with van der Waals surface area (Å²) in [6.45, 7) is 6.01. The minimum absolute atomic E-state index is 0.857. The van der Waals surface area contributed by atoms with Gasteiger partial charge < -0.3 is 15.5 Å². The van der Waals surface area contributed by atoms with Gasteiger partial charge in [-0.2, -0.15) is 0 Å². The van der Waals surface area contributed by atoms with Gasteiger partial charge in [-0.05, 0) is 71.9 Å². The number of piperidine rings is 1. The zero-order chi connectivity index (χ0) is 13.2. The summed E-state index contributed by atoms with van der Waals surface area (Å²) in [4.78, 5) is 4.99. The van der Waals surface area contributed by atoms with Crippen LogP contribution in [0.3, 0.4) is 0 Å². The molecule has 0 atom stereocenters. The first-order valence-electron chi connectivity index (χ1n) is 7.79. The second-order valence-corrected chi connectivity index (χ2v) is 6.07. The van der Waals surface area contributed by atoms with E-state index in [0.717, 1.165) is 12.5 Å². The van der Waals surface area contributed by atoms with Crippen LogP contribution in [0.5, 0.6) is 0 Å². The zero-order valence-electron chi connectivity index (χ0n) is 12.5. The summed E-state index contributed by atoms with van der Waals surface area (Å²) < 4.78 is 0. The van der Waals surface area contributed by atoms with Crippen LogP contribution >= 0.6 is 0 Å². The van der Waals surface area contributed by atoms with Gasteiger partial charge in [0.25, 0.3) is 0 Å². The lowest BCUT2D eigenvalue weighted by Gasteiger charge is -2.31. The van der Waals surface area contributed by atoms with Crippen LogP contribution in [0, 0.1) is 5.92 Å². The number of rotatable bonds is 9. The summed E-state index contributed by atoms with van der Waals surface area (Å²) in [5.41, 5.74) is 5.49. The molecule has 0 aromatic heterocycles. The molecule has 0 amide bonds. The Balaban J connectivity index is 1.95. The van der Waals surface area contributed by atoms with E-state index in [0.29, 0.717) is 0 Å². The number of nitrogens with zero attached hydrogens (tertiary/aromatic N) is 2. The van der Waals surface area contributed by atoms with Crippen molar-refractivity contribution >= 4 is 0 Å². The van der Waals surface area contributed by atoms with Crippen LogP contribution in [0.2, 0.25) is 0 Å². The average molecular weight is 255 g/mol. The maximum atomic E-state index is 5.49. The highest BCUT2D eigenvalue weighted by Crippen LogP contribution is 2.17. The fourth-order valence-corrected chi connectivity index (χ4v) is 2.83. The molecule has 18 heavy (non-hydrogen) atoms. The summed E-state index contributed by atoms with van der Waals surface area (Å²) in [5.74, 6) is 0.934. The van der Waals surface area contributed by atoms with Crippen molar-refractivity contribution in [3.8, 4) is 0 Å². The molecule has 0 spiro atoms. The fourth-order valence-electron chi connectivity index (χ4n) is 2.83. The number of nitrogens with two attached hydrogens (primary N) is 1. The Hall–Kier alpha value is -0.120. The third kappa shape index (κ3) is 7.34. The number of likely N-dealkylation sites (tertiary alicyclic amines) is 1. The second-order valence-electron chi connectivity index (χ2n) is 6.07. The summed E-state index contributed by atoms with van der Waals surface area (Å²) in [7, 11) is 4.53. The molecule has 1 heterocycles. The van der Waals surface area contributed by atoms with Gasteiger partial charge in [0.05, 0.1) is 0 Å². The molecular weight excluding hydrogens is 222 g/mol. The van der Waals surface area contributed by atoms with E-state index >= 15 is 0 Å². The lowest BCUT2D eigenvalue weighted by Crippen LogP contribution is -2.36. The predicted molar refractivity (Wildman–Crippen MR) is 79.9 cm³/mol. The summed E-state index contributed by atoms with van der Waals surface area (Å²) >= 11 is 0. The van der Waals surface area contributed by atoms with Crippen molar-refractivity contribution in [1.82, 2.24) is 9.80 Å². The van der Waals surface area contributed by atoms with Gasteiger partial charge in [-0.1, -0.05) is 19.3 Å². The van der Waals surface area contributed by atoms with Crippen molar-refractivity contribution in [3.05, 3.63) is 0 Å². The Morgan fingerprint density at radius 3 is 2.33 bits per heavy atom. The zero-order valence-corrected chi connectivity index (χ0v) is 12.5. The molecule has 0 bridgehead atoms.